The molecule has 1 aromatic rings. The number of hydrogen-bond acceptors (Lipinski definition) is 3. The number of aryl methyl sites for hydroxylation is 2. The second-order valence-corrected chi connectivity index (χ2v) is 5.69. The topological polar surface area (TPSA) is 42.1 Å². The lowest BCUT2D eigenvalue weighted by molar-refractivity contribution is 0.568. The highest BCUT2D eigenvalue weighted by Gasteiger charge is 2.17. The molecule has 0 fully saturated rings. The summed E-state index contributed by atoms with van der Waals surface area (Å²) in [4.78, 5) is 6.96. The van der Waals surface area contributed by atoms with Gasteiger partial charge in [-0.05, 0) is 39.7 Å². The first-order valence-corrected chi connectivity index (χ1v) is 6.80. The van der Waals surface area contributed by atoms with E-state index in [0.29, 0.717) is 18.5 Å². The molecule has 0 amide bonds. The maximum absolute atomic E-state index is 5.90. The molecule has 102 valence electrons. The number of aromatic nitrogens is 1. The molecular formula is C15H27N3. The van der Waals surface area contributed by atoms with Gasteiger partial charge in [0.05, 0.1) is 0 Å². The van der Waals surface area contributed by atoms with E-state index in [0.717, 1.165) is 17.9 Å². The van der Waals surface area contributed by atoms with E-state index in [2.05, 4.69) is 43.6 Å². The number of pyridine rings is 1. The van der Waals surface area contributed by atoms with Crippen molar-refractivity contribution in [3.63, 3.8) is 0 Å². The quantitative estimate of drug-likeness (QED) is 0.872. The molecule has 0 aromatic carbocycles. The molecule has 1 heterocycles. The van der Waals surface area contributed by atoms with Gasteiger partial charge in [0.25, 0.3) is 0 Å². The Kier molecular flexibility index (Phi) is 5.15. The summed E-state index contributed by atoms with van der Waals surface area (Å²) in [7, 11) is 0. The monoisotopic (exact) mass is 249 g/mol. The summed E-state index contributed by atoms with van der Waals surface area (Å²) in [5, 5.41) is 0. The fraction of sp³-hybridized carbons (Fsp3) is 0.667. The van der Waals surface area contributed by atoms with Crippen LogP contribution in [0.4, 0.5) is 5.69 Å². The van der Waals surface area contributed by atoms with Crippen LogP contribution in [0.3, 0.4) is 0 Å². The zero-order chi connectivity index (χ0) is 13.9. The van der Waals surface area contributed by atoms with Crippen LogP contribution in [0.1, 0.15) is 44.6 Å². The highest BCUT2D eigenvalue weighted by atomic mass is 15.2. The summed E-state index contributed by atoms with van der Waals surface area (Å²) in [6.45, 7) is 14.7. The lowest BCUT2D eigenvalue weighted by Crippen LogP contribution is -2.35. The Hall–Kier alpha value is -1.09. The van der Waals surface area contributed by atoms with Crippen molar-refractivity contribution in [2.45, 2.75) is 54.1 Å². The average molecular weight is 249 g/mol. The first-order chi connectivity index (χ1) is 8.36. The molecule has 18 heavy (non-hydrogen) atoms. The maximum atomic E-state index is 5.90. The van der Waals surface area contributed by atoms with E-state index in [4.69, 9.17) is 5.73 Å². The molecule has 0 aliphatic heterocycles. The molecule has 2 N–H and O–H groups in total. The third-order valence-electron chi connectivity index (χ3n) is 3.13. The SMILES string of the molecule is Cc1cc(N(CC(C)C)C(C)C)c(CN)c(C)n1. The minimum Gasteiger partial charge on any atom is -0.368 e. The van der Waals surface area contributed by atoms with Gasteiger partial charge in [0, 0.05) is 41.8 Å². The van der Waals surface area contributed by atoms with Crippen molar-refractivity contribution in [1.29, 1.82) is 0 Å². The fourth-order valence-corrected chi connectivity index (χ4v) is 2.32. The van der Waals surface area contributed by atoms with Gasteiger partial charge in [0.1, 0.15) is 0 Å². The Morgan fingerprint density at radius 1 is 1.22 bits per heavy atom. The summed E-state index contributed by atoms with van der Waals surface area (Å²) in [5.41, 5.74) is 10.5. The van der Waals surface area contributed by atoms with Crippen LogP contribution >= 0.6 is 0 Å². The van der Waals surface area contributed by atoms with Crippen molar-refractivity contribution in [2.75, 3.05) is 11.4 Å². The molecule has 0 aliphatic rings. The Morgan fingerprint density at radius 3 is 2.28 bits per heavy atom. The summed E-state index contributed by atoms with van der Waals surface area (Å²) >= 11 is 0. The predicted molar refractivity (Wildman–Crippen MR) is 78.9 cm³/mol. The van der Waals surface area contributed by atoms with Crippen LogP contribution in [-0.2, 0) is 6.54 Å². The number of anilines is 1. The Bertz CT molecular complexity index is 397. The average Bonchev–Trinajstić information content (AvgIpc) is 2.24. The van der Waals surface area contributed by atoms with Gasteiger partial charge in [0.2, 0.25) is 0 Å². The van der Waals surface area contributed by atoms with Crippen LogP contribution in [0, 0.1) is 19.8 Å². The molecule has 0 atom stereocenters. The van der Waals surface area contributed by atoms with Crippen LogP contribution in [0.2, 0.25) is 0 Å². The predicted octanol–water partition coefficient (Wildman–Crippen LogP) is 3.03. The normalized spacial score (nSPS) is 11.4. The van der Waals surface area contributed by atoms with Gasteiger partial charge in [-0.3, -0.25) is 4.98 Å². The van der Waals surface area contributed by atoms with Gasteiger partial charge in [-0.15, -0.1) is 0 Å². The number of nitrogens with two attached hydrogens (primary N) is 1. The largest absolute Gasteiger partial charge is 0.368 e. The zero-order valence-electron chi connectivity index (χ0n) is 12.6. The van der Waals surface area contributed by atoms with Crippen molar-refractivity contribution in [3.05, 3.63) is 23.0 Å². The van der Waals surface area contributed by atoms with E-state index in [1.807, 2.05) is 13.8 Å². The van der Waals surface area contributed by atoms with Crippen LogP contribution in [-0.4, -0.2) is 17.6 Å². The first-order valence-electron chi connectivity index (χ1n) is 6.80. The summed E-state index contributed by atoms with van der Waals surface area (Å²) in [6.07, 6.45) is 0. The second-order valence-electron chi connectivity index (χ2n) is 5.69. The van der Waals surface area contributed by atoms with Gasteiger partial charge in [-0.1, -0.05) is 13.8 Å². The van der Waals surface area contributed by atoms with Gasteiger partial charge in [0.15, 0.2) is 0 Å². The molecule has 0 bridgehead atoms. The minimum atomic E-state index is 0.471. The Labute approximate surface area is 111 Å². The third kappa shape index (κ3) is 3.45. The lowest BCUT2D eigenvalue weighted by Gasteiger charge is -2.33. The van der Waals surface area contributed by atoms with E-state index in [-0.39, 0.29) is 0 Å². The van der Waals surface area contributed by atoms with Crippen LogP contribution < -0.4 is 10.6 Å². The Morgan fingerprint density at radius 2 is 1.83 bits per heavy atom. The molecule has 0 radical (unpaired) electrons. The van der Waals surface area contributed by atoms with Crippen molar-refractivity contribution in [3.8, 4) is 0 Å². The Balaban J connectivity index is 3.25. The number of hydrogen-bond donors (Lipinski definition) is 1. The van der Waals surface area contributed by atoms with Crippen LogP contribution in [0.5, 0.6) is 0 Å². The fourth-order valence-electron chi connectivity index (χ4n) is 2.32. The van der Waals surface area contributed by atoms with Crippen LogP contribution in [0.25, 0.3) is 0 Å². The molecule has 0 saturated heterocycles. The highest BCUT2D eigenvalue weighted by molar-refractivity contribution is 5.56. The molecular weight excluding hydrogens is 222 g/mol. The highest BCUT2D eigenvalue weighted by Crippen LogP contribution is 2.26. The molecule has 0 aliphatic carbocycles. The minimum absolute atomic E-state index is 0.471. The molecule has 0 unspecified atom stereocenters. The summed E-state index contributed by atoms with van der Waals surface area (Å²) in [6, 6.07) is 2.64. The van der Waals surface area contributed by atoms with Crippen molar-refractivity contribution in [1.82, 2.24) is 4.98 Å². The van der Waals surface area contributed by atoms with E-state index in [1.54, 1.807) is 0 Å². The molecule has 3 nitrogen and oxygen atoms in total. The van der Waals surface area contributed by atoms with E-state index in [1.165, 1.54) is 11.3 Å². The van der Waals surface area contributed by atoms with E-state index in [9.17, 15) is 0 Å². The molecule has 0 saturated carbocycles. The van der Waals surface area contributed by atoms with Gasteiger partial charge in [-0.2, -0.15) is 0 Å². The maximum Gasteiger partial charge on any atom is 0.0450 e. The second kappa shape index (κ2) is 6.19. The molecule has 3 heteroatoms. The molecule has 0 spiro atoms. The molecule has 1 rings (SSSR count). The van der Waals surface area contributed by atoms with E-state index >= 15 is 0 Å². The van der Waals surface area contributed by atoms with Crippen LogP contribution in [0.15, 0.2) is 6.07 Å². The van der Waals surface area contributed by atoms with Gasteiger partial charge in [-0.25, -0.2) is 0 Å². The summed E-state index contributed by atoms with van der Waals surface area (Å²) in [5.74, 6) is 0.631. The first kappa shape index (κ1) is 15.0. The smallest absolute Gasteiger partial charge is 0.0450 e. The van der Waals surface area contributed by atoms with Crippen molar-refractivity contribution in [2.24, 2.45) is 11.7 Å². The third-order valence-corrected chi connectivity index (χ3v) is 3.13. The van der Waals surface area contributed by atoms with Gasteiger partial charge >= 0.3 is 0 Å². The van der Waals surface area contributed by atoms with Crippen molar-refractivity contribution < 1.29 is 0 Å². The van der Waals surface area contributed by atoms with Gasteiger partial charge < -0.3 is 10.6 Å². The summed E-state index contributed by atoms with van der Waals surface area (Å²) < 4.78 is 0. The van der Waals surface area contributed by atoms with Crippen molar-refractivity contribution >= 4 is 5.69 Å². The van der Waals surface area contributed by atoms with E-state index < -0.39 is 0 Å². The molecule has 1 aromatic heterocycles. The standard InChI is InChI=1S/C15H27N3/c1-10(2)9-18(11(3)4)15-7-12(5)17-13(6)14(15)8-16/h7,10-11H,8-9,16H2,1-6H3. The number of nitrogens with zero attached hydrogens (tertiary/aromatic N) is 2. The lowest BCUT2D eigenvalue weighted by atomic mass is 10.1. The zero-order valence-corrected chi connectivity index (χ0v) is 12.6. The number of rotatable bonds is 5.